The zero-order valence-electron chi connectivity index (χ0n) is 11.0. The Labute approximate surface area is 121 Å². The number of amides is 1. The van der Waals surface area contributed by atoms with E-state index in [1.807, 2.05) is 17.5 Å². The summed E-state index contributed by atoms with van der Waals surface area (Å²) < 4.78 is 0. The monoisotopic (exact) mass is 288 g/mol. The summed E-state index contributed by atoms with van der Waals surface area (Å²) >= 11 is 1.48. The third kappa shape index (κ3) is 3.17. The van der Waals surface area contributed by atoms with E-state index in [9.17, 15) is 9.90 Å². The first kappa shape index (κ1) is 13.1. The average molecular weight is 288 g/mol. The Morgan fingerprint density at radius 1 is 1.40 bits per heavy atom. The second kappa shape index (κ2) is 5.63. The molecule has 1 aliphatic rings. The van der Waals surface area contributed by atoms with Crippen LogP contribution in [-0.2, 0) is 11.2 Å². The van der Waals surface area contributed by atoms with E-state index in [0.29, 0.717) is 23.9 Å². The van der Waals surface area contributed by atoms with Gasteiger partial charge < -0.3 is 10.4 Å². The van der Waals surface area contributed by atoms with E-state index in [4.69, 9.17) is 0 Å². The van der Waals surface area contributed by atoms with Crippen molar-refractivity contribution in [2.75, 3.05) is 5.32 Å². The van der Waals surface area contributed by atoms with Gasteiger partial charge in [-0.2, -0.15) is 0 Å². The maximum atomic E-state index is 11.9. The molecule has 0 spiro atoms. The Morgan fingerprint density at radius 2 is 2.20 bits per heavy atom. The SMILES string of the molecule is O=C(CCc1ccccc1O)Nc1nc(C2CC2)cs1. The minimum atomic E-state index is -0.0649. The molecular formula is C15H16N2O2S. The lowest BCUT2D eigenvalue weighted by molar-refractivity contribution is -0.116. The number of carbonyl (C=O) groups is 1. The van der Waals surface area contributed by atoms with E-state index in [2.05, 4.69) is 10.3 Å². The Hall–Kier alpha value is -1.88. The summed E-state index contributed by atoms with van der Waals surface area (Å²) in [4.78, 5) is 16.3. The van der Waals surface area contributed by atoms with Crippen LogP contribution in [0.1, 0.15) is 36.4 Å². The van der Waals surface area contributed by atoms with Gasteiger partial charge in [0.05, 0.1) is 5.69 Å². The second-order valence-electron chi connectivity index (χ2n) is 5.03. The number of anilines is 1. The van der Waals surface area contributed by atoms with Gasteiger partial charge in [-0.1, -0.05) is 18.2 Å². The van der Waals surface area contributed by atoms with E-state index >= 15 is 0 Å². The number of rotatable bonds is 5. The number of phenolic OH excluding ortho intramolecular Hbond substituents is 1. The Bertz CT molecular complexity index is 620. The van der Waals surface area contributed by atoms with Crippen molar-refractivity contribution in [2.45, 2.75) is 31.6 Å². The van der Waals surface area contributed by atoms with Crippen LogP contribution in [-0.4, -0.2) is 16.0 Å². The van der Waals surface area contributed by atoms with E-state index < -0.39 is 0 Å². The molecule has 1 aromatic heterocycles. The molecule has 0 aliphatic heterocycles. The van der Waals surface area contributed by atoms with Gasteiger partial charge >= 0.3 is 0 Å². The zero-order valence-corrected chi connectivity index (χ0v) is 11.8. The van der Waals surface area contributed by atoms with E-state index in [-0.39, 0.29) is 11.7 Å². The van der Waals surface area contributed by atoms with Gasteiger partial charge in [-0.15, -0.1) is 11.3 Å². The third-order valence-electron chi connectivity index (χ3n) is 3.38. The predicted octanol–water partition coefficient (Wildman–Crippen LogP) is 3.30. The van der Waals surface area contributed by atoms with Crippen molar-refractivity contribution < 1.29 is 9.90 Å². The number of carbonyl (C=O) groups excluding carboxylic acids is 1. The van der Waals surface area contributed by atoms with Crippen LogP contribution < -0.4 is 5.32 Å². The molecule has 104 valence electrons. The number of phenols is 1. The molecule has 1 aliphatic carbocycles. The molecule has 1 saturated carbocycles. The number of thiazole rings is 1. The molecule has 0 radical (unpaired) electrons. The molecule has 0 saturated heterocycles. The lowest BCUT2D eigenvalue weighted by Crippen LogP contribution is -2.12. The van der Waals surface area contributed by atoms with Crippen molar-refractivity contribution in [1.29, 1.82) is 0 Å². The molecule has 4 nitrogen and oxygen atoms in total. The minimum Gasteiger partial charge on any atom is -0.508 e. The lowest BCUT2D eigenvalue weighted by atomic mass is 10.1. The van der Waals surface area contributed by atoms with Crippen LogP contribution >= 0.6 is 11.3 Å². The summed E-state index contributed by atoms with van der Waals surface area (Å²) in [7, 11) is 0. The maximum Gasteiger partial charge on any atom is 0.226 e. The lowest BCUT2D eigenvalue weighted by Gasteiger charge is -2.04. The maximum absolute atomic E-state index is 11.9. The van der Waals surface area contributed by atoms with Crippen LogP contribution in [0.5, 0.6) is 5.75 Å². The van der Waals surface area contributed by atoms with Crippen LogP contribution in [0.2, 0.25) is 0 Å². The topological polar surface area (TPSA) is 62.2 Å². The standard InChI is InChI=1S/C15H16N2O2S/c18-13-4-2-1-3-11(13)7-8-14(19)17-15-16-12(9-20-15)10-5-6-10/h1-4,9-10,18H,5-8H2,(H,16,17,19). The second-order valence-corrected chi connectivity index (χ2v) is 5.89. The van der Waals surface area contributed by atoms with Gasteiger partial charge in [0.25, 0.3) is 0 Å². The fourth-order valence-electron chi connectivity index (χ4n) is 2.06. The first-order chi connectivity index (χ1) is 9.72. The summed E-state index contributed by atoms with van der Waals surface area (Å²) in [6, 6.07) is 7.09. The first-order valence-corrected chi connectivity index (χ1v) is 7.62. The number of nitrogens with zero attached hydrogens (tertiary/aromatic N) is 1. The quantitative estimate of drug-likeness (QED) is 0.887. The predicted molar refractivity (Wildman–Crippen MR) is 79.1 cm³/mol. The number of hydrogen-bond acceptors (Lipinski definition) is 4. The molecule has 5 heteroatoms. The summed E-state index contributed by atoms with van der Waals surface area (Å²) in [5.41, 5.74) is 1.89. The number of hydrogen-bond donors (Lipinski definition) is 2. The molecule has 20 heavy (non-hydrogen) atoms. The van der Waals surface area contributed by atoms with E-state index in [0.717, 1.165) is 11.3 Å². The smallest absolute Gasteiger partial charge is 0.226 e. The highest BCUT2D eigenvalue weighted by Crippen LogP contribution is 2.40. The van der Waals surface area contributed by atoms with Crippen molar-refractivity contribution in [2.24, 2.45) is 0 Å². The number of aromatic hydroxyl groups is 1. The molecular weight excluding hydrogens is 272 g/mol. The molecule has 1 amide bonds. The molecule has 0 atom stereocenters. The van der Waals surface area contributed by atoms with E-state index in [1.165, 1.54) is 24.2 Å². The fraction of sp³-hybridized carbons (Fsp3) is 0.333. The Morgan fingerprint density at radius 3 is 2.95 bits per heavy atom. The highest BCUT2D eigenvalue weighted by atomic mass is 32.1. The van der Waals surface area contributed by atoms with Crippen molar-refractivity contribution in [3.63, 3.8) is 0 Å². The minimum absolute atomic E-state index is 0.0649. The van der Waals surface area contributed by atoms with Gasteiger partial charge in [-0.3, -0.25) is 4.79 Å². The molecule has 3 rings (SSSR count). The van der Waals surface area contributed by atoms with Crippen molar-refractivity contribution >= 4 is 22.4 Å². The third-order valence-corrected chi connectivity index (χ3v) is 4.15. The number of nitrogens with one attached hydrogen (secondary N) is 1. The van der Waals surface area contributed by atoms with Gasteiger partial charge in [0.2, 0.25) is 5.91 Å². The van der Waals surface area contributed by atoms with Gasteiger partial charge in [0.15, 0.2) is 5.13 Å². The fourth-order valence-corrected chi connectivity index (χ4v) is 2.87. The molecule has 0 bridgehead atoms. The molecule has 0 unspecified atom stereocenters. The van der Waals surface area contributed by atoms with E-state index in [1.54, 1.807) is 12.1 Å². The normalized spacial score (nSPS) is 14.2. The van der Waals surface area contributed by atoms with Crippen LogP contribution in [0.15, 0.2) is 29.6 Å². The average Bonchev–Trinajstić information content (AvgIpc) is 3.19. The highest BCUT2D eigenvalue weighted by Gasteiger charge is 2.26. The molecule has 2 aromatic rings. The molecule has 2 N–H and O–H groups in total. The first-order valence-electron chi connectivity index (χ1n) is 6.74. The van der Waals surface area contributed by atoms with Crippen LogP contribution in [0, 0.1) is 0 Å². The van der Waals surface area contributed by atoms with Crippen molar-refractivity contribution in [1.82, 2.24) is 4.98 Å². The summed E-state index contributed by atoms with van der Waals surface area (Å²) in [6.07, 6.45) is 3.30. The molecule has 1 heterocycles. The summed E-state index contributed by atoms with van der Waals surface area (Å²) in [5.74, 6) is 0.786. The number of aryl methyl sites for hydroxylation is 1. The van der Waals surface area contributed by atoms with Gasteiger partial charge in [-0.25, -0.2) is 4.98 Å². The number of aromatic nitrogens is 1. The van der Waals surface area contributed by atoms with Gasteiger partial charge in [-0.05, 0) is 30.9 Å². The van der Waals surface area contributed by atoms with Gasteiger partial charge in [0, 0.05) is 17.7 Å². The van der Waals surface area contributed by atoms with Gasteiger partial charge in [0.1, 0.15) is 5.75 Å². The van der Waals surface area contributed by atoms with Crippen LogP contribution in [0.4, 0.5) is 5.13 Å². The van der Waals surface area contributed by atoms with Crippen molar-refractivity contribution in [3.05, 3.63) is 40.9 Å². The Kier molecular flexibility index (Phi) is 3.69. The zero-order chi connectivity index (χ0) is 13.9. The van der Waals surface area contributed by atoms with Crippen molar-refractivity contribution in [3.8, 4) is 5.75 Å². The largest absolute Gasteiger partial charge is 0.508 e. The number of benzene rings is 1. The Balaban J connectivity index is 1.52. The highest BCUT2D eigenvalue weighted by molar-refractivity contribution is 7.13. The summed E-state index contributed by atoms with van der Waals surface area (Å²) in [6.45, 7) is 0. The molecule has 1 fully saturated rings. The number of para-hydroxylation sites is 1. The van der Waals surface area contributed by atoms with Crippen LogP contribution in [0.3, 0.4) is 0 Å². The molecule has 1 aromatic carbocycles. The summed E-state index contributed by atoms with van der Waals surface area (Å²) in [5, 5.41) is 15.2. The van der Waals surface area contributed by atoms with Crippen LogP contribution in [0.25, 0.3) is 0 Å².